The molecule has 0 bridgehead atoms. The van der Waals surface area contributed by atoms with Crippen LogP contribution in [-0.2, 0) is 9.47 Å². The van der Waals surface area contributed by atoms with E-state index in [-0.39, 0.29) is 6.29 Å². The van der Waals surface area contributed by atoms with Crippen LogP contribution >= 0.6 is 0 Å². The average molecular weight is 117 g/mol. The summed E-state index contributed by atoms with van der Waals surface area (Å²) >= 11 is 0. The summed E-state index contributed by atoms with van der Waals surface area (Å²) in [4.78, 5) is 0. The highest BCUT2D eigenvalue weighted by Crippen LogP contribution is 2.00. The van der Waals surface area contributed by atoms with Crippen LogP contribution in [0.3, 0.4) is 0 Å². The van der Waals surface area contributed by atoms with Gasteiger partial charge in [0.25, 0.3) is 0 Å². The number of nitrogens with one attached hydrogen (secondary N) is 1. The number of rotatable bonds is 1. The third-order valence-electron chi connectivity index (χ3n) is 1.19. The van der Waals surface area contributed by atoms with Gasteiger partial charge in [0, 0.05) is 20.1 Å². The zero-order chi connectivity index (χ0) is 5.82. The van der Waals surface area contributed by atoms with E-state index in [0.29, 0.717) is 6.73 Å². The van der Waals surface area contributed by atoms with Crippen molar-refractivity contribution in [1.29, 1.82) is 0 Å². The number of methoxy groups -OCH3 is 1. The molecule has 0 saturated carbocycles. The maximum atomic E-state index is 5.09. The molecule has 3 heteroatoms. The van der Waals surface area contributed by atoms with Crippen LogP contribution in [0.1, 0.15) is 6.42 Å². The average Bonchev–Trinajstić information content (AvgIpc) is 1.90. The summed E-state index contributed by atoms with van der Waals surface area (Å²) in [6, 6.07) is 0. The molecule has 0 aliphatic carbocycles. The minimum atomic E-state index is 0.0243. The lowest BCUT2D eigenvalue weighted by Gasteiger charge is -2.21. The first-order valence-electron chi connectivity index (χ1n) is 2.78. The lowest BCUT2D eigenvalue weighted by molar-refractivity contribution is -0.148. The monoisotopic (exact) mass is 117 g/mol. The Morgan fingerprint density at radius 3 is 3.00 bits per heavy atom. The molecule has 1 rings (SSSR count). The van der Waals surface area contributed by atoms with Gasteiger partial charge in [-0.2, -0.15) is 0 Å². The Bertz CT molecular complexity index is 61.4. The van der Waals surface area contributed by atoms with Gasteiger partial charge < -0.3 is 9.47 Å². The van der Waals surface area contributed by atoms with Gasteiger partial charge in [-0.05, 0) is 0 Å². The minimum absolute atomic E-state index is 0.0243. The predicted molar refractivity (Wildman–Crippen MR) is 29.4 cm³/mol. The molecule has 1 unspecified atom stereocenters. The second-order valence-electron chi connectivity index (χ2n) is 1.76. The van der Waals surface area contributed by atoms with Gasteiger partial charge in [0.15, 0.2) is 6.29 Å². The molecule has 8 heavy (non-hydrogen) atoms. The summed E-state index contributed by atoms with van der Waals surface area (Å²) in [6.07, 6.45) is 0.979. The van der Waals surface area contributed by atoms with Crippen molar-refractivity contribution in [3.63, 3.8) is 0 Å². The van der Waals surface area contributed by atoms with Crippen molar-refractivity contribution in [2.75, 3.05) is 20.4 Å². The Morgan fingerprint density at radius 2 is 2.62 bits per heavy atom. The topological polar surface area (TPSA) is 30.5 Å². The second-order valence-corrected chi connectivity index (χ2v) is 1.76. The first-order chi connectivity index (χ1) is 3.93. The molecule has 1 aliphatic rings. The van der Waals surface area contributed by atoms with E-state index >= 15 is 0 Å². The van der Waals surface area contributed by atoms with Gasteiger partial charge in [-0.3, -0.25) is 5.32 Å². The summed E-state index contributed by atoms with van der Waals surface area (Å²) in [5, 5.41) is 3.05. The van der Waals surface area contributed by atoms with E-state index in [0.717, 1.165) is 13.0 Å². The van der Waals surface area contributed by atoms with E-state index in [1.54, 1.807) is 7.11 Å². The van der Waals surface area contributed by atoms with Crippen molar-refractivity contribution in [2.45, 2.75) is 12.7 Å². The highest BCUT2D eigenvalue weighted by Gasteiger charge is 2.09. The standard InChI is InChI=1S/C5H11NO2/c1-7-5-2-3-6-4-8-5/h5-6H,2-4H2,1H3. The van der Waals surface area contributed by atoms with E-state index in [4.69, 9.17) is 9.47 Å². The molecule has 1 heterocycles. The van der Waals surface area contributed by atoms with Crippen molar-refractivity contribution in [1.82, 2.24) is 5.32 Å². The fourth-order valence-corrected chi connectivity index (χ4v) is 0.713. The van der Waals surface area contributed by atoms with E-state index in [2.05, 4.69) is 5.32 Å². The van der Waals surface area contributed by atoms with Crippen molar-refractivity contribution in [3.05, 3.63) is 0 Å². The molecule has 0 aromatic rings. The maximum Gasteiger partial charge on any atom is 0.160 e. The van der Waals surface area contributed by atoms with Crippen LogP contribution in [0.2, 0.25) is 0 Å². The largest absolute Gasteiger partial charge is 0.356 e. The van der Waals surface area contributed by atoms with Crippen LogP contribution in [0.4, 0.5) is 0 Å². The number of hydrogen-bond acceptors (Lipinski definition) is 3. The fourth-order valence-electron chi connectivity index (χ4n) is 0.713. The highest BCUT2D eigenvalue weighted by atomic mass is 16.7. The molecule has 0 aromatic carbocycles. The number of hydrogen-bond donors (Lipinski definition) is 1. The van der Waals surface area contributed by atoms with Gasteiger partial charge in [-0.1, -0.05) is 0 Å². The normalized spacial score (nSPS) is 30.4. The van der Waals surface area contributed by atoms with Gasteiger partial charge in [-0.15, -0.1) is 0 Å². The van der Waals surface area contributed by atoms with Gasteiger partial charge >= 0.3 is 0 Å². The fraction of sp³-hybridized carbons (Fsp3) is 1.00. The lowest BCUT2D eigenvalue weighted by atomic mass is 10.4. The first-order valence-corrected chi connectivity index (χ1v) is 2.78. The molecule has 1 atom stereocenters. The Kier molecular flexibility index (Phi) is 2.27. The van der Waals surface area contributed by atoms with Crippen LogP contribution in [-0.4, -0.2) is 26.7 Å². The van der Waals surface area contributed by atoms with Gasteiger partial charge in [0.2, 0.25) is 0 Å². The molecule has 3 nitrogen and oxygen atoms in total. The van der Waals surface area contributed by atoms with Crippen molar-refractivity contribution < 1.29 is 9.47 Å². The summed E-state index contributed by atoms with van der Waals surface area (Å²) in [6.45, 7) is 1.62. The smallest absolute Gasteiger partial charge is 0.160 e. The van der Waals surface area contributed by atoms with Crippen LogP contribution in [0.25, 0.3) is 0 Å². The minimum Gasteiger partial charge on any atom is -0.356 e. The maximum absolute atomic E-state index is 5.09. The van der Waals surface area contributed by atoms with E-state index in [1.807, 2.05) is 0 Å². The predicted octanol–water partition coefficient (Wildman–Crippen LogP) is -0.0737. The third-order valence-corrected chi connectivity index (χ3v) is 1.19. The van der Waals surface area contributed by atoms with Crippen molar-refractivity contribution in [2.24, 2.45) is 0 Å². The molecule has 0 spiro atoms. The molecule has 0 amide bonds. The first kappa shape index (κ1) is 6.01. The Morgan fingerprint density at radius 1 is 1.75 bits per heavy atom. The van der Waals surface area contributed by atoms with Crippen molar-refractivity contribution >= 4 is 0 Å². The van der Waals surface area contributed by atoms with Crippen LogP contribution in [0.15, 0.2) is 0 Å². The summed E-state index contributed by atoms with van der Waals surface area (Å²) in [5.74, 6) is 0. The summed E-state index contributed by atoms with van der Waals surface area (Å²) < 4.78 is 10.0. The van der Waals surface area contributed by atoms with Gasteiger partial charge in [0.1, 0.15) is 0 Å². The molecule has 1 aliphatic heterocycles. The molecule has 48 valence electrons. The molecule has 1 N–H and O–H groups in total. The summed E-state index contributed by atoms with van der Waals surface area (Å²) in [5.41, 5.74) is 0. The van der Waals surface area contributed by atoms with Crippen LogP contribution in [0, 0.1) is 0 Å². The second kappa shape index (κ2) is 3.02. The Labute approximate surface area is 49.0 Å². The quantitative estimate of drug-likeness (QED) is 0.521. The highest BCUT2D eigenvalue weighted by molar-refractivity contribution is 4.52. The zero-order valence-electron chi connectivity index (χ0n) is 5.02. The third kappa shape index (κ3) is 1.43. The summed E-state index contributed by atoms with van der Waals surface area (Å²) in [7, 11) is 1.66. The molecule has 1 fully saturated rings. The number of ether oxygens (including phenoxy) is 2. The van der Waals surface area contributed by atoms with E-state index in [1.165, 1.54) is 0 Å². The van der Waals surface area contributed by atoms with Gasteiger partial charge in [0.05, 0.1) is 6.73 Å². The molecule has 0 aromatic heterocycles. The zero-order valence-corrected chi connectivity index (χ0v) is 5.02. The molecular formula is C5H11NO2. The van der Waals surface area contributed by atoms with Crippen molar-refractivity contribution in [3.8, 4) is 0 Å². The molecule has 0 radical (unpaired) electrons. The van der Waals surface area contributed by atoms with Crippen LogP contribution in [0.5, 0.6) is 0 Å². The molecular weight excluding hydrogens is 106 g/mol. The lowest BCUT2D eigenvalue weighted by Crippen LogP contribution is -2.34. The Balaban J connectivity index is 2.13. The SMILES string of the molecule is COC1CCNCO1. The molecule has 1 saturated heterocycles. The van der Waals surface area contributed by atoms with E-state index in [9.17, 15) is 0 Å². The van der Waals surface area contributed by atoms with Gasteiger partial charge in [-0.25, -0.2) is 0 Å². The van der Waals surface area contributed by atoms with E-state index < -0.39 is 0 Å². The van der Waals surface area contributed by atoms with Crippen LogP contribution < -0.4 is 5.32 Å². The Hall–Kier alpha value is -0.120.